The number of allylic oxidation sites excluding steroid dienone is 4. The minimum absolute atomic E-state index is 0. The van der Waals surface area contributed by atoms with Gasteiger partial charge in [-0.2, -0.15) is 6.08 Å². The van der Waals surface area contributed by atoms with E-state index in [9.17, 15) is 5.11 Å². The summed E-state index contributed by atoms with van der Waals surface area (Å²) in [5.41, 5.74) is 1.29. The molecule has 1 aliphatic carbocycles. The van der Waals surface area contributed by atoms with Crippen molar-refractivity contribution in [2.75, 3.05) is 0 Å². The molecule has 0 bridgehead atoms. The van der Waals surface area contributed by atoms with Gasteiger partial charge in [0.1, 0.15) is 5.75 Å². The van der Waals surface area contributed by atoms with Gasteiger partial charge in [0.05, 0.1) is 0 Å². The number of phenols is 1. The van der Waals surface area contributed by atoms with Crippen molar-refractivity contribution in [1.82, 2.24) is 0 Å². The normalized spacial score (nSPS) is 11.1. The van der Waals surface area contributed by atoms with Gasteiger partial charge < -0.3 is 5.11 Å². The second-order valence-corrected chi connectivity index (χ2v) is 7.22. The van der Waals surface area contributed by atoms with Gasteiger partial charge in [0.25, 0.3) is 0 Å². The summed E-state index contributed by atoms with van der Waals surface area (Å²) in [4.78, 5) is 0. The molecule has 0 heterocycles. The van der Waals surface area contributed by atoms with E-state index in [2.05, 4.69) is 66.7 Å². The van der Waals surface area contributed by atoms with E-state index in [1.807, 2.05) is 24.3 Å². The Kier molecular flexibility index (Phi) is 19.2. The Balaban J connectivity index is -0.000000291. The zero-order chi connectivity index (χ0) is 17.0. The van der Waals surface area contributed by atoms with Crippen molar-refractivity contribution >= 4 is 28.6 Å². The van der Waals surface area contributed by atoms with E-state index in [4.69, 9.17) is 0 Å². The fourth-order valence-corrected chi connectivity index (χ4v) is 1.56. The fourth-order valence-electron chi connectivity index (χ4n) is 1.56. The summed E-state index contributed by atoms with van der Waals surface area (Å²) in [6, 6.07) is 7.39. The third-order valence-electron chi connectivity index (χ3n) is 3.15. The second kappa shape index (κ2) is 16.1. The monoisotopic (exact) mass is 405 g/mol. The van der Waals surface area contributed by atoms with Gasteiger partial charge in [-0.15, -0.1) is 31.2 Å². The van der Waals surface area contributed by atoms with Crippen LogP contribution in [0.2, 0.25) is 0 Å². The maximum absolute atomic E-state index is 9.18. The summed E-state index contributed by atoms with van der Waals surface area (Å²) in [6.45, 7) is 10.8. The molecule has 1 N–H and O–H groups in total. The van der Waals surface area contributed by atoms with E-state index in [0.29, 0.717) is 5.75 Å². The van der Waals surface area contributed by atoms with Crippen molar-refractivity contribution in [3.05, 3.63) is 54.1 Å². The van der Waals surface area contributed by atoms with Crippen LogP contribution in [-0.2, 0) is 25.4 Å². The Hall–Kier alpha value is -0.336. The number of hydrogen-bond donors (Lipinski definition) is 1. The number of aromatic hydroxyl groups is 1. The molecular weight excluding hydrogens is 375 g/mol. The molecule has 2 rings (SSSR count). The molecule has 4 heteroatoms. The molecule has 1 aromatic carbocycles. The van der Waals surface area contributed by atoms with Crippen LogP contribution in [0.1, 0.15) is 59.4 Å². The molecule has 0 unspecified atom stereocenters. The number of phenolic OH excluding ortho intramolecular Hbond substituents is 1. The molecule has 0 aliphatic heterocycles. The molecule has 24 heavy (non-hydrogen) atoms. The van der Waals surface area contributed by atoms with Crippen molar-refractivity contribution in [1.29, 1.82) is 0 Å². The van der Waals surface area contributed by atoms with Crippen molar-refractivity contribution in [2.45, 2.75) is 59.3 Å². The Labute approximate surface area is 172 Å². The van der Waals surface area contributed by atoms with Crippen LogP contribution in [0.5, 0.6) is 5.75 Å². The average Bonchev–Trinajstić information content (AvgIpc) is 3.05. The summed E-state index contributed by atoms with van der Waals surface area (Å²) < 4.78 is 1.59. The van der Waals surface area contributed by atoms with E-state index >= 15 is 0 Å². The quantitative estimate of drug-likeness (QED) is 0.447. The maximum Gasteiger partial charge on any atom is -0.109 e. The average molecular weight is 406 g/mol. The first-order valence-electron chi connectivity index (χ1n) is 7.88. The molecule has 0 spiro atoms. The third kappa shape index (κ3) is 15.2. The maximum atomic E-state index is 9.18. The Morgan fingerprint density at radius 1 is 1.17 bits per heavy atom. The zero-order valence-electron chi connectivity index (χ0n) is 15.4. The molecule has 0 atom stereocenters. The van der Waals surface area contributed by atoms with Crippen LogP contribution >= 0.6 is 24.8 Å². The standard InChI is InChI=1S/C10H14O.C5H5.C5H10.2ClH.Ti/c1-10(2,3)8-5-4-6-9(11)7-8;1-2-4-5-3-1;1-3-5-4-2;;;/h4-7,11H,1-3H3;1-3H,4H2;3-4H2,1-2H3;2*1H;/q;-1;;;;+1. The molecular formula is C20H31Cl2OTi. The van der Waals surface area contributed by atoms with Crippen LogP contribution in [0.25, 0.3) is 0 Å². The smallest absolute Gasteiger partial charge is 0.109 e. The fraction of sp³-hybridized carbons (Fsp3) is 0.450. The van der Waals surface area contributed by atoms with Gasteiger partial charge in [0, 0.05) is 0 Å². The Bertz CT molecular complexity index is 487. The van der Waals surface area contributed by atoms with Crippen LogP contribution in [0, 0.1) is 6.08 Å². The van der Waals surface area contributed by atoms with Crippen LogP contribution in [-0.4, -0.2) is 8.92 Å². The van der Waals surface area contributed by atoms with Crippen LogP contribution in [0.3, 0.4) is 0 Å². The first-order valence-corrected chi connectivity index (χ1v) is 8.66. The minimum Gasteiger partial charge on any atom is -0.273 e. The number of rotatable bonds is 2. The van der Waals surface area contributed by atoms with Crippen LogP contribution in [0.15, 0.2) is 42.5 Å². The summed E-state index contributed by atoms with van der Waals surface area (Å²) in [5, 5.41) is 9.18. The Morgan fingerprint density at radius 2 is 1.75 bits per heavy atom. The van der Waals surface area contributed by atoms with Gasteiger partial charge >= 0.3 is 50.5 Å². The number of benzene rings is 1. The molecule has 0 radical (unpaired) electrons. The summed E-state index contributed by atoms with van der Waals surface area (Å²) in [7, 11) is 0. The molecule has 1 aromatic rings. The predicted octanol–water partition coefficient (Wildman–Crippen LogP) is 6.36. The molecule has 1 nitrogen and oxygen atoms in total. The number of halogens is 2. The summed E-state index contributed by atoms with van der Waals surface area (Å²) in [6.07, 6.45) is 12.5. The van der Waals surface area contributed by atoms with E-state index in [-0.39, 0.29) is 30.2 Å². The van der Waals surface area contributed by atoms with Gasteiger partial charge in [-0.25, -0.2) is 12.2 Å². The van der Waals surface area contributed by atoms with Gasteiger partial charge in [-0.05, 0) is 23.1 Å². The molecule has 0 fully saturated rings. The molecule has 0 aromatic heterocycles. The predicted molar refractivity (Wildman–Crippen MR) is 108 cm³/mol. The first kappa shape index (κ1) is 28.5. The molecule has 0 saturated heterocycles. The second-order valence-electron chi connectivity index (χ2n) is 6.11. The first-order chi connectivity index (χ1) is 10.3. The van der Waals surface area contributed by atoms with E-state index in [1.54, 1.807) is 15.9 Å². The van der Waals surface area contributed by atoms with Crippen molar-refractivity contribution in [3.8, 4) is 5.75 Å². The van der Waals surface area contributed by atoms with Gasteiger partial charge in [-0.1, -0.05) is 32.9 Å². The van der Waals surface area contributed by atoms with Crippen molar-refractivity contribution < 1.29 is 25.1 Å². The Morgan fingerprint density at radius 3 is 1.96 bits per heavy atom. The summed E-state index contributed by atoms with van der Waals surface area (Å²) >= 11 is 2.19. The van der Waals surface area contributed by atoms with E-state index in [0.717, 1.165) is 12.0 Å². The topological polar surface area (TPSA) is 20.2 Å². The van der Waals surface area contributed by atoms with E-state index in [1.165, 1.54) is 12.8 Å². The SMILES string of the molecule is CC(C)(C)c1cccc(O)c1.CC[C](=[Ti+])CC.Cl.Cl.[C-]1=CC=CC1. The summed E-state index contributed by atoms with van der Waals surface area (Å²) in [5.74, 6) is 0.345. The van der Waals surface area contributed by atoms with E-state index < -0.39 is 0 Å². The number of hydrogen-bond acceptors (Lipinski definition) is 1. The molecule has 135 valence electrons. The largest absolute Gasteiger partial charge is 0.273 e. The molecule has 1 aliphatic rings. The van der Waals surface area contributed by atoms with Crippen molar-refractivity contribution in [3.63, 3.8) is 0 Å². The van der Waals surface area contributed by atoms with Gasteiger partial charge in [0.2, 0.25) is 0 Å². The van der Waals surface area contributed by atoms with Gasteiger partial charge in [0.15, 0.2) is 0 Å². The third-order valence-corrected chi connectivity index (χ3v) is 4.26. The minimum atomic E-state index is 0. The zero-order valence-corrected chi connectivity index (χ0v) is 18.6. The molecule has 0 saturated carbocycles. The van der Waals surface area contributed by atoms with Crippen molar-refractivity contribution in [2.24, 2.45) is 0 Å². The van der Waals surface area contributed by atoms with Crippen LogP contribution < -0.4 is 0 Å². The molecule has 0 amide bonds. The van der Waals surface area contributed by atoms with Crippen LogP contribution in [0.4, 0.5) is 0 Å². The van der Waals surface area contributed by atoms with Gasteiger partial charge in [-0.3, -0.25) is 6.08 Å².